The lowest BCUT2D eigenvalue weighted by Gasteiger charge is -2.10. The highest BCUT2D eigenvalue weighted by Crippen LogP contribution is 2.42. The van der Waals surface area contributed by atoms with Crippen molar-refractivity contribution >= 4 is 0 Å². The number of rotatable bonds is 4. The molecule has 2 nitrogen and oxygen atoms in total. The lowest BCUT2D eigenvalue weighted by Crippen LogP contribution is -2.07. The van der Waals surface area contributed by atoms with Gasteiger partial charge in [-0.05, 0) is 49.1 Å². The maximum atomic E-state index is 5.23. The number of hydrogen-bond donors (Lipinski definition) is 1. The maximum absolute atomic E-state index is 5.23. The fraction of sp³-hybridized carbons (Fsp3) is 0.500. The molecule has 1 aliphatic rings. The van der Waals surface area contributed by atoms with E-state index >= 15 is 0 Å². The molecule has 14 heavy (non-hydrogen) atoms. The van der Waals surface area contributed by atoms with Crippen LogP contribution in [0.25, 0.3) is 0 Å². The van der Waals surface area contributed by atoms with Gasteiger partial charge >= 0.3 is 0 Å². The van der Waals surface area contributed by atoms with E-state index in [9.17, 15) is 0 Å². The predicted molar refractivity (Wildman–Crippen MR) is 57.7 cm³/mol. The van der Waals surface area contributed by atoms with E-state index in [-0.39, 0.29) is 0 Å². The summed E-state index contributed by atoms with van der Waals surface area (Å²) in [6.45, 7) is 0.934. The first kappa shape index (κ1) is 9.53. The van der Waals surface area contributed by atoms with Crippen molar-refractivity contribution in [2.75, 3.05) is 14.2 Å². The molecule has 1 aliphatic carbocycles. The van der Waals surface area contributed by atoms with Gasteiger partial charge in [-0.25, -0.2) is 0 Å². The summed E-state index contributed by atoms with van der Waals surface area (Å²) in [5.41, 5.74) is 2.88. The monoisotopic (exact) mass is 191 g/mol. The first-order valence-corrected chi connectivity index (χ1v) is 5.16. The normalized spacial score (nSPS) is 15.6. The summed E-state index contributed by atoms with van der Waals surface area (Å²) in [6.07, 6.45) is 2.70. The van der Waals surface area contributed by atoms with Crippen LogP contribution in [-0.4, -0.2) is 14.2 Å². The van der Waals surface area contributed by atoms with Gasteiger partial charge in [-0.3, -0.25) is 0 Å². The average molecular weight is 191 g/mol. The molecule has 0 saturated heterocycles. The third-order valence-electron chi connectivity index (χ3n) is 2.73. The summed E-state index contributed by atoms with van der Waals surface area (Å²) >= 11 is 0. The van der Waals surface area contributed by atoms with Gasteiger partial charge in [0.05, 0.1) is 7.11 Å². The minimum Gasteiger partial charge on any atom is -0.497 e. The van der Waals surface area contributed by atoms with Crippen LogP contribution in [0.2, 0.25) is 0 Å². The van der Waals surface area contributed by atoms with Crippen LogP contribution in [0.4, 0.5) is 0 Å². The molecule has 0 amide bonds. The third-order valence-corrected chi connectivity index (χ3v) is 2.73. The summed E-state index contributed by atoms with van der Waals surface area (Å²) in [5.74, 6) is 1.77. The maximum Gasteiger partial charge on any atom is 0.119 e. The van der Waals surface area contributed by atoms with Gasteiger partial charge < -0.3 is 10.1 Å². The molecule has 0 unspecified atom stereocenters. The third kappa shape index (κ3) is 1.90. The van der Waals surface area contributed by atoms with Crippen molar-refractivity contribution in [3.05, 3.63) is 29.3 Å². The summed E-state index contributed by atoms with van der Waals surface area (Å²) in [7, 11) is 3.70. The van der Waals surface area contributed by atoms with Crippen LogP contribution in [-0.2, 0) is 6.54 Å². The Morgan fingerprint density at radius 3 is 2.79 bits per heavy atom. The first-order valence-electron chi connectivity index (χ1n) is 5.16. The zero-order chi connectivity index (χ0) is 9.97. The van der Waals surface area contributed by atoms with E-state index < -0.39 is 0 Å². The van der Waals surface area contributed by atoms with E-state index in [2.05, 4.69) is 23.5 Å². The zero-order valence-corrected chi connectivity index (χ0v) is 8.84. The van der Waals surface area contributed by atoms with E-state index in [1.165, 1.54) is 24.0 Å². The van der Waals surface area contributed by atoms with Crippen molar-refractivity contribution in [1.29, 1.82) is 0 Å². The van der Waals surface area contributed by atoms with Crippen LogP contribution >= 0.6 is 0 Å². The van der Waals surface area contributed by atoms with E-state index in [0.29, 0.717) is 0 Å². The fourth-order valence-electron chi connectivity index (χ4n) is 1.85. The Balaban J connectivity index is 2.28. The van der Waals surface area contributed by atoms with Gasteiger partial charge in [0.1, 0.15) is 5.75 Å². The molecule has 0 spiro atoms. The van der Waals surface area contributed by atoms with E-state index in [4.69, 9.17) is 4.74 Å². The van der Waals surface area contributed by atoms with Crippen LogP contribution in [0, 0.1) is 0 Å². The molecule has 1 fully saturated rings. The number of benzene rings is 1. The highest BCUT2D eigenvalue weighted by atomic mass is 16.5. The molecule has 2 rings (SSSR count). The van der Waals surface area contributed by atoms with Gasteiger partial charge in [0.25, 0.3) is 0 Å². The molecule has 1 aromatic rings. The fourth-order valence-corrected chi connectivity index (χ4v) is 1.85. The Morgan fingerprint density at radius 1 is 1.43 bits per heavy atom. The number of ether oxygens (including phenoxy) is 1. The number of methoxy groups -OCH3 is 1. The molecule has 1 aromatic carbocycles. The molecular formula is C12H17NO. The molecule has 0 radical (unpaired) electrons. The molecule has 0 aromatic heterocycles. The Morgan fingerprint density at radius 2 is 2.21 bits per heavy atom. The van der Waals surface area contributed by atoms with Gasteiger partial charge in [0.2, 0.25) is 0 Å². The summed E-state index contributed by atoms with van der Waals surface area (Å²) in [6, 6.07) is 6.42. The standard InChI is InChI=1S/C12H17NO/c1-13-8-10-7-11(14-2)5-6-12(10)9-3-4-9/h5-7,9,13H,3-4,8H2,1-2H3. The quantitative estimate of drug-likeness (QED) is 0.788. The van der Waals surface area contributed by atoms with Crippen molar-refractivity contribution in [3.8, 4) is 5.75 Å². The van der Waals surface area contributed by atoms with Crippen LogP contribution in [0.5, 0.6) is 5.75 Å². The summed E-state index contributed by atoms with van der Waals surface area (Å²) in [4.78, 5) is 0. The van der Waals surface area contributed by atoms with Gasteiger partial charge in [-0.1, -0.05) is 6.07 Å². The van der Waals surface area contributed by atoms with Gasteiger partial charge in [-0.15, -0.1) is 0 Å². The second kappa shape index (κ2) is 4.01. The van der Waals surface area contributed by atoms with Crippen LogP contribution < -0.4 is 10.1 Å². The smallest absolute Gasteiger partial charge is 0.119 e. The van der Waals surface area contributed by atoms with Crippen molar-refractivity contribution in [2.24, 2.45) is 0 Å². The highest BCUT2D eigenvalue weighted by molar-refractivity contribution is 5.39. The van der Waals surface area contributed by atoms with E-state index in [1.807, 2.05) is 7.05 Å². The molecule has 0 atom stereocenters. The van der Waals surface area contributed by atoms with Crippen molar-refractivity contribution in [3.63, 3.8) is 0 Å². The molecule has 0 aliphatic heterocycles. The summed E-state index contributed by atoms with van der Waals surface area (Å²) in [5, 5.41) is 3.20. The van der Waals surface area contributed by atoms with E-state index in [1.54, 1.807) is 7.11 Å². The topological polar surface area (TPSA) is 21.3 Å². The Labute approximate surface area is 85.3 Å². The molecule has 0 bridgehead atoms. The lowest BCUT2D eigenvalue weighted by atomic mass is 10.0. The second-order valence-electron chi connectivity index (χ2n) is 3.87. The molecule has 1 N–H and O–H groups in total. The molecule has 1 saturated carbocycles. The van der Waals surface area contributed by atoms with Gasteiger partial charge in [-0.2, -0.15) is 0 Å². The SMILES string of the molecule is CNCc1cc(OC)ccc1C1CC1. The second-order valence-corrected chi connectivity index (χ2v) is 3.87. The Hall–Kier alpha value is -1.02. The highest BCUT2D eigenvalue weighted by Gasteiger charge is 2.25. The lowest BCUT2D eigenvalue weighted by molar-refractivity contribution is 0.414. The Bertz CT molecular complexity index is 318. The summed E-state index contributed by atoms with van der Waals surface area (Å²) < 4.78 is 5.23. The predicted octanol–water partition coefficient (Wildman–Crippen LogP) is 2.29. The van der Waals surface area contributed by atoms with Crippen LogP contribution in [0.3, 0.4) is 0 Å². The molecule has 0 heterocycles. The molecule has 2 heteroatoms. The minimum absolute atomic E-state index is 0.809. The number of hydrogen-bond acceptors (Lipinski definition) is 2. The zero-order valence-electron chi connectivity index (χ0n) is 8.84. The number of nitrogens with one attached hydrogen (secondary N) is 1. The van der Waals surface area contributed by atoms with Crippen molar-refractivity contribution < 1.29 is 4.74 Å². The van der Waals surface area contributed by atoms with Crippen molar-refractivity contribution in [1.82, 2.24) is 5.32 Å². The first-order chi connectivity index (χ1) is 6.85. The van der Waals surface area contributed by atoms with Crippen LogP contribution in [0.1, 0.15) is 29.9 Å². The van der Waals surface area contributed by atoms with Crippen LogP contribution in [0.15, 0.2) is 18.2 Å². The Kier molecular flexibility index (Phi) is 2.73. The average Bonchev–Trinajstić information content (AvgIpc) is 3.02. The molecule has 76 valence electrons. The minimum atomic E-state index is 0.809. The van der Waals surface area contributed by atoms with Crippen molar-refractivity contribution in [2.45, 2.75) is 25.3 Å². The largest absolute Gasteiger partial charge is 0.497 e. The van der Waals surface area contributed by atoms with E-state index in [0.717, 1.165) is 18.2 Å². The molecular weight excluding hydrogens is 174 g/mol. The van der Waals surface area contributed by atoms with Gasteiger partial charge in [0.15, 0.2) is 0 Å². The van der Waals surface area contributed by atoms with Gasteiger partial charge in [0, 0.05) is 6.54 Å².